The van der Waals surface area contributed by atoms with Gasteiger partial charge in [-0.05, 0) is 31.8 Å². The monoisotopic (exact) mass is 255 g/mol. The maximum absolute atomic E-state index is 11.6. The smallest absolute Gasteiger partial charge is 0.221 e. The molecule has 1 aliphatic rings. The second-order valence-electron chi connectivity index (χ2n) is 5.23. The van der Waals surface area contributed by atoms with Crippen LogP contribution in [0.25, 0.3) is 0 Å². The van der Waals surface area contributed by atoms with E-state index in [2.05, 4.69) is 24.1 Å². The summed E-state index contributed by atoms with van der Waals surface area (Å²) in [6, 6.07) is 0.504. The molecule has 1 aliphatic heterocycles. The van der Waals surface area contributed by atoms with Crippen molar-refractivity contribution in [2.45, 2.75) is 52.0 Å². The highest BCUT2D eigenvalue weighted by Crippen LogP contribution is 2.22. The molecule has 0 bridgehead atoms. The summed E-state index contributed by atoms with van der Waals surface area (Å²) in [5, 5.41) is 3.05. The summed E-state index contributed by atoms with van der Waals surface area (Å²) in [7, 11) is 0. The number of carbonyl (C=O) groups excluding carboxylic acids is 1. The molecular weight excluding hydrogens is 226 g/mol. The average Bonchev–Trinajstić information content (AvgIpc) is 2.88. The minimum absolute atomic E-state index is 0.0904. The number of hydrogen-bond donors (Lipinski definition) is 2. The normalized spacial score (nSPS) is 18.2. The van der Waals surface area contributed by atoms with Crippen molar-refractivity contribution < 1.29 is 4.79 Å². The van der Waals surface area contributed by atoms with Crippen molar-refractivity contribution in [2.75, 3.05) is 26.2 Å². The summed E-state index contributed by atoms with van der Waals surface area (Å²) >= 11 is 0. The van der Waals surface area contributed by atoms with Crippen molar-refractivity contribution in [3.63, 3.8) is 0 Å². The van der Waals surface area contributed by atoms with Gasteiger partial charge in [-0.2, -0.15) is 0 Å². The summed E-state index contributed by atoms with van der Waals surface area (Å²) < 4.78 is 0. The van der Waals surface area contributed by atoms with E-state index < -0.39 is 0 Å². The van der Waals surface area contributed by atoms with Gasteiger partial charge in [0.15, 0.2) is 0 Å². The van der Waals surface area contributed by atoms with E-state index in [1.165, 1.54) is 38.8 Å². The molecule has 0 radical (unpaired) electrons. The first-order chi connectivity index (χ1) is 8.72. The Hall–Kier alpha value is -0.610. The number of nitrogens with two attached hydrogens (primary N) is 1. The molecule has 1 heterocycles. The van der Waals surface area contributed by atoms with Crippen LogP contribution in [0.2, 0.25) is 0 Å². The highest BCUT2D eigenvalue weighted by Gasteiger charge is 2.27. The molecule has 4 nitrogen and oxygen atoms in total. The molecule has 0 aromatic rings. The van der Waals surface area contributed by atoms with Crippen LogP contribution >= 0.6 is 0 Å². The minimum Gasteiger partial charge on any atom is -0.354 e. The summed E-state index contributed by atoms with van der Waals surface area (Å²) in [6.07, 6.45) is 5.41. The van der Waals surface area contributed by atoms with Gasteiger partial charge in [0, 0.05) is 25.6 Å². The first-order valence-electron chi connectivity index (χ1n) is 7.43. The van der Waals surface area contributed by atoms with Crippen LogP contribution in [0.4, 0.5) is 0 Å². The number of hydrogen-bond acceptors (Lipinski definition) is 3. The summed E-state index contributed by atoms with van der Waals surface area (Å²) in [4.78, 5) is 14.1. The average molecular weight is 255 g/mol. The molecule has 4 heteroatoms. The van der Waals surface area contributed by atoms with Gasteiger partial charge in [-0.3, -0.25) is 9.69 Å². The van der Waals surface area contributed by atoms with Crippen LogP contribution in [0.3, 0.4) is 0 Å². The number of amides is 1. The van der Waals surface area contributed by atoms with Gasteiger partial charge in [0.25, 0.3) is 0 Å². The lowest BCUT2D eigenvalue weighted by Crippen LogP contribution is -2.47. The van der Waals surface area contributed by atoms with E-state index >= 15 is 0 Å². The summed E-state index contributed by atoms with van der Waals surface area (Å²) in [6.45, 7) is 8.09. The third kappa shape index (κ3) is 4.58. The first kappa shape index (κ1) is 15.4. The topological polar surface area (TPSA) is 58.4 Å². The maximum Gasteiger partial charge on any atom is 0.221 e. The second-order valence-corrected chi connectivity index (χ2v) is 5.23. The lowest BCUT2D eigenvalue weighted by atomic mass is 9.93. The number of nitrogens with zero attached hydrogens (tertiary/aromatic N) is 1. The zero-order valence-corrected chi connectivity index (χ0v) is 12.0. The van der Waals surface area contributed by atoms with E-state index in [0.717, 1.165) is 6.54 Å². The first-order valence-corrected chi connectivity index (χ1v) is 7.43. The fourth-order valence-corrected chi connectivity index (χ4v) is 2.94. The maximum atomic E-state index is 11.6. The second kappa shape index (κ2) is 8.48. The Labute approximate surface area is 111 Å². The predicted molar refractivity (Wildman–Crippen MR) is 75.3 cm³/mol. The number of carbonyl (C=O) groups is 1. The molecule has 106 valence electrons. The molecule has 1 saturated heterocycles. The number of nitrogens with one attached hydrogen (secondary N) is 1. The van der Waals surface area contributed by atoms with Crippen molar-refractivity contribution in [3.8, 4) is 0 Å². The van der Waals surface area contributed by atoms with Crippen LogP contribution in [-0.4, -0.2) is 43.0 Å². The summed E-state index contributed by atoms with van der Waals surface area (Å²) in [5.41, 5.74) is 5.40. The fourth-order valence-electron chi connectivity index (χ4n) is 2.94. The van der Waals surface area contributed by atoms with Crippen LogP contribution in [0, 0.1) is 5.92 Å². The minimum atomic E-state index is 0.0904. The highest BCUT2D eigenvalue weighted by atomic mass is 16.1. The van der Waals surface area contributed by atoms with Gasteiger partial charge in [-0.15, -0.1) is 0 Å². The van der Waals surface area contributed by atoms with Crippen molar-refractivity contribution in [1.29, 1.82) is 0 Å². The van der Waals surface area contributed by atoms with Crippen LogP contribution in [-0.2, 0) is 4.79 Å². The molecule has 0 aliphatic carbocycles. The van der Waals surface area contributed by atoms with Crippen molar-refractivity contribution >= 4 is 5.91 Å². The molecule has 1 amide bonds. The number of rotatable bonds is 8. The molecule has 1 fully saturated rings. The van der Waals surface area contributed by atoms with E-state index in [0.29, 0.717) is 24.9 Å². The Morgan fingerprint density at radius 1 is 1.28 bits per heavy atom. The molecule has 0 spiro atoms. The molecule has 1 rings (SSSR count). The van der Waals surface area contributed by atoms with E-state index in [1.807, 2.05) is 0 Å². The third-order valence-electron chi connectivity index (χ3n) is 4.08. The van der Waals surface area contributed by atoms with Gasteiger partial charge in [0.2, 0.25) is 5.91 Å². The van der Waals surface area contributed by atoms with Crippen molar-refractivity contribution in [3.05, 3.63) is 0 Å². The van der Waals surface area contributed by atoms with Crippen LogP contribution in [0.5, 0.6) is 0 Å². The van der Waals surface area contributed by atoms with Crippen molar-refractivity contribution in [1.82, 2.24) is 10.2 Å². The van der Waals surface area contributed by atoms with E-state index in [1.54, 1.807) is 0 Å². The molecule has 3 N–H and O–H groups in total. The molecular formula is C14H29N3O. The Bertz CT molecular complexity index is 233. The van der Waals surface area contributed by atoms with Gasteiger partial charge in [-0.25, -0.2) is 0 Å². The van der Waals surface area contributed by atoms with Crippen LogP contribution < -0.4 is 11.1 Å². The number of likely N-dealkylation sites (tertiary alicyclic amines) is 1. The van der Waals surface area contributed by atoms with E-state index in [9.17, 15) is 4.79 Å². The molecule has 0 aromatic carbocycles. The molecule has 0 aromatic heterocycles. The van der Waals surface area contributed by atoms with E-state index in [4.69, 9.17) is 5.73 Å². The Morgan fingerprint density at radius 3 is 2.39 bits per heavy atom. The molecule has 1 atom stereocenters. The Morgan fingerprint density at radius 2 is 1.89 bits per heavy atom. The lowest BCUT2D eigenvalue weighted by Gasteiger charge is -2.33. The van der Waals surface area contributed by atoms with Gasteiger partial charge in [0.1, 0.15) is 0 Å². The third-order valence-corrected chi connectivity index (χ3v) is 4.08. The van der Waals surface area contributed by atoms with Crippen LogP contribution in [0.15, 0.2) is 0 Å². The molecule has 0 saturated carbocycles. The van der Waals surface area contributed by atoms with Gasteiger partial charge < -0.3 is 11.1 Å². The largest absolute Gasteiger partial charge is 0.354 e. The Balaban J connectivity index is 2.50. The van der Waals surface area contributed by atoms with Crippen LogP contribution in [0.1, 0.15) is 46.0 Å². The molecule has 1 unspecified atom stereocenters. The highest BCUT2D eigenvalue weighted by molar-refractivity contribution is 5.76. The van der Waals surface area contributed by atoms with Gasteiger partial charge in [0.05, 0.1) is 0 Å². The fraction of sp³-hybridized carbons (Fsp3) is 0.929. The predicted octanol–water partition coefficient (Wildman–Crippen LogP) is 1.35. The molecule has 18 heavy (non-hydrogen) atoms. The zero-order valence-electron chi connectivity index (χ0n) is 12.0. The lowest BCUT2D eigenvalue weighted by molar-refractivity contribution is -0.121. The summed E-state index contributed by atoms with van der Waals surface area (Å²) in [5.74, 6) is 0.772. The Kier molecular flexibility index (Phi) is 7.28. The van der Waals surface area contributed by atoms with E-state index in [-0.39, 0.29) is 5.91 Å². The SMILES string of the molecule is CCC(CC)C(CNC(=O)CCN)N1CCCC1. The zero-order chi connectivity index (χ0) is 13.4. The standard InChI is InChI=1S/C14H29N3O/c1-3-12(4-2)13(17-9-5-6-10-17)11-16-14(18)7-8-15/h12-13H,3-11,15H2,1-2H3,(H,16,18). The quantitative estimate of drug-likeness (QED) is 0.688. The van der Waals surface area contributed by atoms with Crippen molar-refractivity contribution in [2.24, 2.45) is 11.7 Å². The van der Waals surface area contributed by atoms with Gasteiger partial charge in [-0.1, -0.05) is 26.7 Å². The van der Waals surface area contributed by atoms with Gasteiger partial charge >= 0.3 is 0 Å².